The molecule has 0 aliphatic rings. The molecule has 6 heteroatoms. The molecule has 0 N–H and O–H groups in total. The van der Waals surface area contributed by atoms with Gasteiger partial charge in [-0.25, -0.2) is 26.3 Å². The molecule has 0 bridgehead atoms. The van der Waals surface area contributed by atoms with Gasteiger partial charge in [-0.15, -0.1) is 0 Å². The lowest BCUT2D eigenvalue weighted by molar-refractivity contribution is 0.447. The van der Waals surface area contributed by atoms with Crippen molar-refractivity contribution >= 4 is 43.1 Å². The van der Waals surface area contributed by atoms with Crippen molar-refractivity contribution in [2.24, 2.45) is 0 Å². The van der Waals surface area contributed by atoms with E-state index in [1.807, 2.05) is 97.1 Å². The second-order valence-electron chi connectivity index (χ2n) is 11.2. The van der Waals surface area contributed by atoms with Crippen molar-refractivity contribution in [1.82, 2.24) is 0 Å². The van der Waals surface area contributed by atoms with Gasteiger partial charge in [0.05, 0.1) is 0 Å². The molecule has 0 unspecified atom stereocenters. The van der Waals surface area contributed by atoms with Crippen LogP contribution in [0.25, 0.3) is 76.5 Å². The van der Waals surface area contributed by atoms with Crippen molar-refractivity contribution < 1.29 is 26.3 Å². The molecule has 0 spiro atoms. The van der Waals surface area contributed by atoms with Crippen molar-refractivity contribution in [2.45, 2.75) is 0 Å². The first kappa shape index (κ1) is 27.9. The zero-order valence-electron chi connectivity index (χ0n) is 23.8. The van der Waals surface area contributed by atoms with Gasteiger partial charge in [0.1, 0.15) is 0 Å². The Balaban J connectivity index is 1.57. The molecule has 0 aliphatic carbocycles. The summed E-state index contributed by atoms with van der Waals surface area (Å²) in [4.78, 5) is 0. The number of rotatable bonds is 3. The molecule has 0 nitrogen and oxygen atoms in total. The van der Waals surface area contributed by atoms with Crippen molar-refractivity contribution in [3.63, 3.8) is 0 Å². The van der Waals surface area contributed by atoms with Crippen molar-refractivity contribution in [3.05, 3.63) is 156 Å². The minimum atomic E-state index is -1.53. The summed E-state index contributed by atoms with van der Waals surface area (Å²) in [5, 5.41) is 5.91. The predicted octanol–water partition coefficient (Wildman–Crippen LogP) is 12.1. The first-order chi connectivity index (χ1) is 22.3. The van der Waals surface area contributed by atoms with Crippen molar-refractivity contribution in [2.75, 3.05) is 0 Å². The van der Waals surface area contributed by atoms with Crippen LogP contribution in [0.4, 0.5) is 26.3 Å². The highest BCUT2D eigenvalue weighted by atomic mass is 19.2. The molecule has 0 aromatic heterocycles. The first-order valence-corrected chi connectivity index (χ1v) is 14.5. The normalized spacial score (nSPS) is 11.7. The van der Waals surface area contributed by atoms with Crippen LogP contribution in [0, 0.1) is 34.9 Å². The molecule has 222 valence electrons. The molecule has 0 radical (unpaired) electrons. The van der Waals surface area contributed by atoms with Gasteiger partial charge in [-0.1, -0.05) is 97.1 Å². The van der Waals surface area contributed by atoms with E-state index in [0.717, 1.165) is 56.9 Å². The van der Waals surface area contributed by atoms with E-state index in [1.165, 1.54) is 0 Å². The fourth-order valence-corrected chi connectivity index (χ4v) is 6.82. The van der Waals surface area contributed by atoms with Gasteiger partial charge in [0, 0.05) is 0 Å². The van der Waals surface area contributed by atoms with E-state index in [4.69, 9.17) is 0 Å². The Morgan fingerprint density at radius 3 is 0.674 bits per heavy atom. The minimum absolute atomic E-state index is 0.195. The highest BCUT2D eigenvalue weighted by molar-refractivity contribution is 6.29. The molecule has 0 amide bonds. The fourth-order valence-electron chi connectivity index (χ4n) is 6.82. The third kappa shape index (κ3) is 4.10. The SMILES string of the molecule is Fc1cc(-c2c3ccccc3c(-c3c4ccccc4c(-c4cc(F)c(F)c(F)c4)c4ccccc34)c3ccccc23)cc(F)c1F. The molecule has 0 saturated heterocycles. The number of hydrogen-bond acceptors (Lipinski definition) is 0. The lowest BCUT2D eigenvalue weighted by Crippen LogP contribution is -1.97. The standard InChI is InChI=1S/C40H20F6/c41-31-17-21(18-32(42)39(31)45)35-23-9-1-5-13-27(23)37(28-14-6-2-10-24(28)35)38-29-15-7-3-11-25(29)36(26-12-4-8-16-30(26)38)22-19-33(43)40(46)34(44)20-22/h1-20H. The van der Waals surface area contributed by atoms with Gasteiger partial charge in [-0.3, -0.25) is 0 Å². The van der Waals surface area contributed by atoms with Crippen molar-refractivity contribution in [1.29, 1.82) is 0 Å². The van der Waals surface area contributed by atoms with Crippen molar-refractivity contribution in [3.8, 4) is 33.4 Å². The highest BCUT2D eigenvalue weighted by Gasteiger charge is 2.24. The van der Waals surface area contributed by atoms with Gasteiger partial charge in [-0.05, 0) is 101 Å². The molecule has 46 heavy (non-hydrogen) atoms. The number of benzene rings is 8. The van der Waals surface area contributed by atoms with Gasteiger partial charge in [0.15, 0.2) is 34.9 Å². The zero-order chi connectivity index (χ0) is 31.7. The Hall–Kier alpha value is -5.62. The van der Waals surface area contributed by atoms with Crippen LogP contribution in [0.5, 0.6) is 0 Å². The monoisotopic (exact) mass is 614 g/mol. The summed E-state index contributed by atoms with van der Waals surface area (Å²) >= 11 is 0. The summed E-state index contributed by atoms with van der Waals surface area (Å²) in [7, 11) is 0. The van der Waals surface area contributed by atoms with E-state index in [0.29, 0.717) is 32.7 Å². The van der Waals surface area contributed by atoms with Crippen LogP contribution in [0.3, 0.4) is 0 Å². The molecule has 0 saturated carbocycles. The molecule has 8 rings (SSSR count). The van der Waals surface area contributed by atoms with Gasteiger partial charge >= 0.3 is 0 Å². The highest BCUT2D eigenvalue weighted by Crippen LogP contribution is 2.50. The van der Waals surface area contributed by atoms with Crippen LogP contribution in [-0.4, -0.2) is 0 Å². The van der Waals surface area contributed by atoms with Crippen LogP contribution < -0.4 is 0 Å². The third-order valence-electron chi connectivity index (χ3n) is 8.66. The summed E-state index contributed by atoms with van der Waals surface area (Å²) < 4.78 is 86.4. The Bertz CT molecular complexity index is 2210. The van der Waals surface area contributed by atoms with Gasteiger partial charge in [0.25, 0.3) is 0 Å². The van der Waals surface area contributed by atoms with E-state index in [1.54, 1.807) is 0 Å². The average Bonchev–Trinajstić information content (AvgIpc) is 3.07. The predicted molar refractivity (Wildman–Crippen MR) is 173 cm³/mol. The fraction of sp³-hybridized carbons (Fsp3) is 0. The number of hydrogen-bond donors (Lipinski definition) is 0. The van der Waals surface area contributed by atoms with E-state index < -0.39 is 34.9 Å². The Labute approximate surface area is 258 Å². The summed E-state index contributed by atoms with van der Waals surface area (Å²) in [5.41, 5.74) is 3.17. The molecule has 8 aromatic carbocycles. The van der Waals surface area contributed by atoms with E-state index in [-0.39, 0.29) is 11.1 Å². The first-order valence-electron chi connectivity index (χ1n) is 14.5. The van der Waals surface area contributed by atoms with E-state index >= 15 is 0 Å². The molecule has 0 atom stereocenters. The van der Waals surface area contributed by atoms with Crippen LogP contribution in [0.1, 0.15) is 0 Å². The average molecular weight is 615 g/mol. The Morgan fingerprint density at radius 2 is 0.457 bits per heavy atom. The lowest BCUT2D eigenvalue weighted by atomic mass is 9.81. The van der Waals surface area contributed by atoms with Crippen LogP contribution in [-0.2, 0) is 0 Å². The van der Waals surface area contributed by atoms with E-state index in [9.17, 15) is 26.3 Å². The Morgan fingerprint density at radius 1 is 0.261 bits per heavy atom. The van der Waals surface area contributed by atoms with Gasteiger partial charge < -0.3 is 0 Å². The number of halogens is 6. The molecule has 8 aromatic rings. The molecule has 0 heterocycles. The second-order valence-corrected chi connectivity index (χ2v) is 11.2. The maximum Gasteiger partial charge on any atom is 0.194 e. The summed E-state index contributed by atoms with van der Waals surface area (Å²) in [5.74, 6) is -8.20. The zero-order valence-corrected chi connectivity index (χ0v) is 23.8. The number of fused-ring (bicyclic) bond motifs is 4. The topological polar surface area (TPSA) is 0 Å². The molecule has 0 aliphatic heterocycles. The summed E-state index contributed by atoms with van der Waals surface area (Å²) in [6, 6.07) is 34.0. The molecular formula is C40H20F6. The maximum absolute atomic E-state index is 14.6. The second kappa shape index (κ2) is 10.5. The minimum Gasteiger partial charge on any atom is -0.204 e. The molecule has 0 fully saturated rings. The summed E-state index contributed by atoms with van der Waals surface area (Å²) in [6.45, 7) is 0. The largest absolute Gasteiger partial charge is 0.204 e. The van der Waals surface area contributed by atoms with E-state index in [2.05, 4.69) is 0 Å². The summed E-state index contributed by atoms with van der Waals surface area (Å²) in [6.07, 6.45) is 0. The maximum atomic E-state index is 14.6. The van der Waals surface area contributed by atoms with Gasteiger partial charge in [-0.2, -0.15) is 0 Å². The lowest BCUT2D eigenvalue weighted by Gasteiger charge is -2.22. The third-order valence-corrected chi connectivity index (χ3v) is 8.66. The van der Waals surface area contributed by atoms with Crippen LogP contribution in [0.2, 0.25) is 0 Å². The smallest absolute Gasteiger partial charge is 0.194 e. The van der Waals surface area contributed by atoms with Gasteiger partial charge in [0.2, 0.25) is 0 Å². The van der Waals surface area contributed by atoms with Crippen LogP contribution in [0.15, 0.2) is 121 Å². The molecular weight excluding hydrogens is 594 g/mol. The van der Waals surface area contributed by atoms with Crippen LogP contribution >= 0.6 is 0 Å². The quantitative estimate of drug-likeness (QED) is 0.106. The Kier molecular flexibility index (Phi) is 6.36.